The molecule has 1 saturated heterocycles. The molecule has 1 aromatic carbocycles. The van der Waals surface area contributed by atoms with Crippen LogP contribution in [0.15, 0.2) is 36.5 Å². The number of fused-ring (bicyclic) bond motifs is 1. The second kappa shape index (κ2) is 5.69. The SMILES string of the molecule is C[C@H]1CCN1c1nc2c(c(-c3cccc(-c4ccn[nH]4)c3)n1)CCC2. The topological polar surface area (TPSA) is 57.7 Å². The first kappa shape index (κ1) is 14.6. The molecule has 0 radical (unpaired) electrons. The minimum atomic E-state index is 0.545. The maximum absolute atomic E-state index is 5.00. The van der Waals surface area contributed by atoms with Crippen LogP contribution in [0.2, 0.25) is 0 Å². The van der Waals surface area contributed by atoms with Gasteiger partial charge in [-0.15, -0.1) is 0 Å². The Bertz CT molecular complexity index is 916. The Kier molecular flexibility index (Phi) is 3.33. The van der Waals surface area contributed by atoms with Gasteiger partial charge in [0.05, 0.1) is 11.4 Å². The number of nitrogens with one attached hydrogen (secondary N) is 1. The smallest absolute Gasteiger partial charge is 0.226 e. The van der Waals surface area contributed by atoms with Crippen molar-refractivity contribution >= 4 is 5.95 Å². The van der Waals surface area contributed by atoms with Crippen LogP contribution in [0.5, 0.6) is 0 Å². The lowest BCUT2D eigenvalue weighted by Crippen LogP contribution is -2.46. The van der Waals surface area contributed by atoms with E-state index in [-0.39, 0.29) is 0 Å². The van der Waals surface area contributed by atoms with Crippen LogP contribution in [0.25, 0.3) is 22.5 Å². The van der Waals surface area contributed by atoms with Gasteiger partial charge in [0.1, 0.15) is 0 Å². The van der Waals surface area contributed by atoms with Crippen LogP contribution < -0.4 is 4.90 Å². The van der Waals surface area contributed by atoms with Gasteiger partial charge in [0.25, 0.3) is 0 Å². The van der Waals surface area contributed by atoms with Crippen LogP contribution in [0.4, 0.5) is 5.95 Å². The number of benzene rings is 1. The quantitative estimate of drug-likeness (QED) is 0.796. The molecule has 0 spiro atoms. The molecule has 126 valence electrons. The van der Waals surface area contributed by atoms with E-state index in [2.05, 4.69) is 46.3 Å². The number of aromatic nitrogens is 4. The van der Waals surface area contributed by atoms with Crippen molar-refractivity contribution in [2.45, 2.75) is 38.6 Å². The zero-order valence-electron chi connectivity index (χ0n) is 14.4. The van der Waals surface area contributed by atoms with Gasteiger partial charge in [-0.05, 0) is 44.7 Å². The molecular formula is C20H21N5. The van der Waals surface area contributed by atoms with Crippen LogP contribution in [0.3, 0.4) is 0 Å². The molecule has 3 heterocycles. The molecule has 1 fully saturated rings. The maximum atomic E-state index is 5.00. The third-order valence-electron chi connectivity index (χ3n) is 5.45. The van der Waals surface area contributed by atoms with Gasteiger partial charge in [-0.25, -0.2) is 9.97 Å². The highest BCUT2D eigenvalue weighted by molar-refractivity contribution is 5.72. The standard InChI is InChI=1S/C20H21N5/c1-13-9-11-25(13)20-22-18-7-3-6-16(18)19(23-20)15-5-2-4-14(12-15)17-8-10-21-24-17/h2,4-5,8,10,12-13H,3,6-7,9,11H2,1H3,(H,21,24)/t13-/m0/s1. The Morgan fingerprint density at radius 3 is 2.80 bits per heavy atom. The summed E-state index contributed by atoms with van der Waals surface area (Å²) in [5, 5.41) is 7.11. The monoisotopic (exact) mass is 331 g/mol. The first-order valence-corrected chi connectivity index (χ1v) is 9.06. The van der Waals surface area contributed by atoms with Crippen molar-refractivity contribution in [2.24, 2.45) is 0 Å². The third-order valence-corrected chi connectivity index (χ3v) is 5.45. The summed E-state index contributed by atoms with van der Waals surface area (Å²) in [5.41, 5.74) is 7.02. The zero-order chi connectivity index (χ0) is 16.8. The number of nitrogens with zero attached hydrogens (tertiary/aromatic N) is 4. The number of rotatable bonds is 3. The third kappa shape index (κ3) is 2.42. The first-order valence-electron chi connectivity index (χ1n) is 9.06. The summed E-state index contributed by atoms with van der Waals surface area (Å²) in [5.74, 6) is 0.904. The van der Waals surface area contributed by atoms with Gasteiger partial charge in [-0.2, -0.15) is 5.10 Å². The Morgan fingerprint density at radius 2 is 2.04 bits per heavy atom. The van der Waals surface area contributed by atoms with Crippen molar-refractivity contribution < 1.29 is 0 Å². The fourth-order valence-corrected chi connectivity index (χ4v) is 3.85. The van der Waals surface area contributed by atoms with Crippen LogP contribution >= 0.6 is 0 Å². The van der Waals surface area contributed by atoms with E-state index >= 15 is 0 Å². The molecule has 2 aliphatic rings. The van der Waals surface area contributed by atoms with Gasteiger partial charge >= 0.3 is 0 Å². The minimum absolute atomic E-state index is 0.545. The number of anilines is 1. The van der Waals surface area contributed by atoms with E-state index in [0.717, 1.165) is 42.3 Å². The molecule has 0 bridgehead atoms. The predicted octanol–water partition coefficient (Wildman–Crippen LogP) is 3.62. The molecule has 5 nitrogen and oxygen atoms in total. The molecule has 1 N–H and O–H groups in total. The predicted molar refractivity (Wildman–Crippen MR) is 98.5 cm³/mol. The fraction of sp³-hybridized carbons (Fsp3) is 0.350. The normalized spacial score (nSPS) is 18.9. The molecule has 25 heavy (non-hydrogen) atoms. The Balaban J connectivity index is 1.63. The first-order chi connectivity index (χ1) is 12.3. The number of H-pyrrole nitrogens is 1. The van der Waals surface area contributed by atoms with Crippen molar-refractivity contribution in [2.75, 3.05) is 11.4 Å². The molecule has 5 rings (SSSR count). The molecule has 1 atom stereocenters. The molecule has 0 saturated carbocycles. The number of hydrogen-bond donors (Lipinski definition) is 1. The molecule has 2 aromatic heterocycles. The van der Waals surface area contributed by atoms with E-state index < -0.39 is 0 Å². The summed E-state index contributed by atoms with van der Waals surface area (Å²) in [4.78, 5) is 12.2. The van der Waals surface area contributed by atoms with Gasteiger partial charge in [0.15, 0.2) is 0 Å². The Morgan fingerprint density at radius 1 is 1.12 bits per heavy atom. The lowest BCUT2D eigenvalue weighted by Gasteiger charge is -2.39. The molecule has 0 amide bonds. The lowest BCUT2D eigenvalue weighted by atomic mass is 10.0. The average Bonchev–Trinajstić information content (AvgIpc) is 3.31. The largest absolute Gasteiger partial charge is 0.338 e. The van der Waals surface area contributed by atoms with Crippen molar-refractivity contribution in [3.63, 3.8) is 0 Å². The number of aryl methyl sites for hydroxylation is 1. The molecule has 1 aliphatic carbocycles. The van der Waals surface area contributed by atoms with Crippen molar-refractivity contribution in [1.29, 1.82) is 0 Å². The van der Waals surface area contributed by atoms with E-state index in [1.54, 1.807) is 6.20 Å². The van der Waals surface area contributed by atoms with Gasteiger partial charge in [-0.1, -0.05) is 18.2 Å². The maximum Gasteiger partial charge on any atom is 0.226 e. The van der Waals surface area contributed by atoms with Crippen LogP contribution in [0.1, 0.15) is 31.0 Å². The molecule has 5 heteroatoms. The van der Waals surface area contributed by atoms with Gasteiger partial charge < -0.3 is 4.90 Å². The summed E-state index contributed by atoms with van der Waals surface area (Å²) >= 11 is 0. The number of aromatic amines is 1. The highest BCUT2D eigenvalue weighted by Gasteiger charge is 2.29. The molecule has 0 unspecified atom stereocenters. The Labute approximate surface area is 147 Å². The van der Waals surface area contributed by atoms with E-state index in [4.69, 9.17) is 9.97 Å². The van der Waals surface area contributed by atoms with Crippen LogP contribution in [-0.4, -0.2) is 32.8 Å². The minimum Gasteiger partial charge on any atom is -0.338 e. The van der Waals surface area contributed by atoms with E-state index in [0.29, 0.717) is 6.04 Å². The van der Waals surface area contributed by atoms with Crippen LogP contribution in [-0.2, 0) is 12.8 Å². The average molecular weight is 331 g/mol. The lowest BCUT2D eigenvalue weighted by molar-refractivity contribution is 0.470. The highest BCUT2D eigenvalue weighted by Crippen LogP contribution is 2.35. The summed E-state index contributed by atoms with van der Waals surface area (Å²) < 4.78 is 0. The fourth-order valence-electron chi connectivity index (χ4n) is 3.85. The molecule has 1 aliphatic heterocycles. The van der Waals surface area contributed by atoms with Crippen molar-refractivity contribution in [3.8, 4) is 22.5 Å². The van der Waals surface area contributed by atoms with Gasteiger partial charge in [0.2, 0.25) is 5.95 Å². The molecular weight excluding hydrogens is 310 g/mol. The summed E-state index contributed by atoms with van der Waals surface area (Å²) in [6.07, 6.45) is 6.34. The van der Waals surface area contributed by atoms with E-state index in [1.165, 1.54) is 29.7 Å². The second-order valence-corrected chi connectivity index (χ2v) is 7.03. The zero-order valence-corrected chi connectivity index (χ0v) is 14.4. The van der Waals surface area contributed by atoms with Crippen molar-refractivity contribution in [1.82, 2.24) is 20.2 Å². The van der Waals surface area contributed by atoms with E-state index in [9.17, 15) is 0 Å². The highest BCUT2D eigenvalue weighted by atomic mass is 15.3. The summed E-state index contributed by atoms with van der Waals surface area (Å²) in [7, 11) is 0. The molecule has 3 aromatic rings. The number of hydrogen-bond acceptors (Lipinski definition) is 4. The Hall–Kier alpha value is -2.69. The van der Waals surface area contributed by atoms with Crippen molar-refractivity contribution in [3.05, 3.63) is 47.8 Å². The summed E-state index contributed by atoms with van der Waals surface area (Å²) in [6.45, 7) is 3.31. The summed E-state index contributed by atoms with van der Waals surface area (Å²) in [6, 6.07) is 11.1. The van der Waals surface area contributed by atoms with Crippen LogP contribution in [0, 0.1) is 0 Å². The van der Waals surface area contributed by atoms with Gasteiger partial charge in [0, 0.05) is 41.2 Å². The second-order valence-electron chi connectivity index (χ2n) is 7.03. The van der Waals surface area contributed by atoms with Gasteiger partial charge in [-0.3, -0.25) is 5.10 Å². The van der Waals surface area contributed by atoms with E-state index in [1.807, 2.05) is 6.07 Å².